The van der Waals surface area contributed by atoms with Crippen molar-refractivity contribution in [3.05, 3.63) is 0 Å². The quantitative estimate of drug-likeness (QED) is 0.0489. The van der Waals surface area contributed by atoms with E-state index in [-0.39, 0.29) is 12.1 Å². The van der Waals surface area contributed by atoms with Gasteiger partial charge >= 0.3 is 0 Å². The summed E-state index contributed by atoms with van der Waals surface area (Å²) >= 11 is 0. The van der Waals surface area contributed by atoms with Gasteiger partial charge in [0.15, 0.2) is 6.21 Å². The van der Waals surface area contributed by atoms with Gasteiger partial charge in [0, 0.05) is 19.8 Å². The van der Waals surface area contributed by atoms with E-state index in [2.05, 4.69) is 42.2 Å². The molecule has 4 nitrogen and oxygen atoms in total. The Morgan fingerprint density at radius 3 is 1.14 bits per heavy atom. The third-order valence-electron chi connectivity index (χ3n) is 11.7. The fourth-order valence-corrected chi connectivity index (χ4v) is 8.19. The van der Waals surface area contributed by atoms with Crippen LogP contribution >= 0.6 is 0 Å². The van der Waals surface area contributed by atoms with Gasteiger partial charge in [0.1, 0.15) is 0 Å². The molecule has 0 saturated carbocycles. The van der Waals surface area contributed by atoms with E-state index in [1.165, 1.54) is 238 Å². The molecule has 0 radical (unpaired) electrons. The molecule has 4 heteroatoms. The predicted octanol–water partition coefficient (Wildman–Crippen LogP) is 14.7. The van der Waals surface area contributed by atoms with Gasteiger partial charge in [0.2, 0.25) is 18.2 Å². The van der Waals surface area contributed by atoms with Gasteiger partial charge in [-0.3, -0.25) is 10.1 Å². The van der Waals surface area contributed by atoms with Gasteiger partial charge in [-0.05, 0) is 12.8 Å². The van der Waals surface area contributed by atoms with Crippen LogP contribution in [0.5, 0.6) is 0 Å². The Morgan fingerprint density at radius 2 is 0.804 bits per heavy atom. The summed E-state index contributed by atoms with van der Waals surface area (Å²) in [6, 6.07) is 0. The summed E-state index contributed by atoms with van der Waals surface area (Å²) in [6.45, 7) is 7.67. The lowest BCUT2D eigenvalue weighted by Gasteiger charge is -2.17. The number of hydrogen-bond donors (Lipinski definition) is 2. The zero-order valence-electron chi connectivity index (χ0n) is 35.4. The van der Waals surface area contributed by atoms with Crippen LogP contribution in [0.4, 0.5) is 0 Å². The molecule has 0 aromatic carbocycles. The zero-order chi connectivity index (χ0) is 36.7. The van der Waals surface area contributed by atoms with E-state index in [9.17, 15) is 4.79 Å². The summed E-state index contributed by atoms with van der Waals surface area (Å²) in [5, 5.41) is 6.93. The largest absolute Gasteiger partial charge is 0.299 e. The second-order valence-electron chi connectivity index (χ2n) is 16.7. The summed E-state index contributed by atoms with van der Waals surface area (Å²) < 4.78 is 2.36. The SMILES string of the molecule is CCCCCCCCCCCCCCCCCCCCCC(=O)NC(C)[N+]1=CCNC1CCCCCCCCCCCCCCCCCCCC. The van der Waals surface area contributed by atoms with Crippen LogP contribution < -0.4 is 10.6 Å². The van der Waals surface area contributed by atoms with Crippen molar-refractivity contribution in [2.24, 2.45) is 0 Å². The lowest BCUT2D eigenvalue weighted by Crippen LogP contribution is -2.46. The average Bonchev–Trinajstić information content (AvgIpc) is 3.61. The van der Waals surface area contributed by atoms with Crippen molar-refractivity contribution in [2.45, 2.75) is 284 Å². The van der Waals surface area contributed by atoms with Gasteiger partial charge in [0.25, 0.3) is 0 Å². The molecule has 1 aliphatic heterocycles. The van der Waals surface area contributed by atoms with Crippen LogP contribution in [0.25, 0.3) is 0 Å². The Balaban J connectivity index is 1.87. The summed E-state index contributed by atoms with van der Waals surface area (Å²) in [4.78, 5) is 12.7. The molecular weight excluding hydrogens is 623 g/mol. The van der Waals surface area contributed by atoms with Crippen molar-refractivity contribution in [2.75, 3.05) is 6.54 Å². The number of carbonyl (C=O) groups excluding carboxylic acids is 1. The monoisotopic (exact) mass is 717 g/mol. The zero-order valence-corrected chi connectivity index (χ0v) is 35.4. The van der Waals surface area contributed by atoms with Gasteiger partial charge in [0.05, 0.1) is 6.54 Å². The minimum Gasteiger partial charge on any atom is -0.299 e. The Morgan fingerprint density at radius 1 is 0.510 bits per heavy atom. The number of nitrogens with one attached hydrogen (secondary N) is 2. The first-order valence-corrected chi connectivity index (χ1v) is 23.8. The molecule has 0 bridgehead atoms. The number of nitrogens with zero attached hydrogens (tertiary/aromatic N) is 1. The molecule has 1 heterocycles. The molecule has 1 rings (SSSR count). The van der Waals surface area contributed by atoms with Crippen LogP contribution in [0.1, 0.15) is 271 Å². The highest BCUT2D eigenvalue weighted by molar-refractivity contribution is 5.76. The summed E-state index contributed by atoms with van der Waals surface area (Å²) in [5.74, 6) is 0.224. The molecule has 0 fully saturated rings. The maximum absolute atomic E-state index is 12.7. The van der Waals surface area contributed by atoms with E-state index in [0.29, 0.717) is 12.6 Å². The van der Waals surface area contributed by atoms with Gasteiger partial charge in [-0.15, -0.1) is 0 Å². The van der Waals surface area contributed by atoms with Crippen LogP contribution in [0.15, 0.2) is 0 Å². The molecule has 0 aromatic rings. The molecule has 51 heavy (non-hydrogen) atoms. The standard InChI is InChI=1S/C47H93N3O/c1-4-6-8-10-12-14-16-18-20-22-24-26-28-30-32-34-36-38-40-42-47(51)49-45(3)50-44-43-48-46(50)41-39-37-35-33-31-29-27-25-23-21-19-17-15-13-11-9-7-5-2/h44-46,48H,4-43H2,1-3H3/p+1. The van der Waals surface area contributed by atoms with Gasteiger partial charge in [-0.25, -0.2) is 9.89 Å². The molecule has 302 valence electrons. The molecular formula is C47H94N3O+. The number of amides is 1. The van der Waals surface area contributed by atoms with Crippen LogP contribution in [0, 0.1) is 0 Å². The Hall–Kier alpha value is -0.900. The normalized spacial score (nSPS) is 15.0. The molecule has 0 aliphatic carbocycles. The van der Waals surface area contributed by atoms with Crippen molar-refractivity contribution in [1.82, 2.24) is 10.6 Å². The fourth-order valence-electron chi connectivity index (χ4n) is 8.19. The van der Waals surface area contributed by atoms with Crippen LogP contribution in [0.3, 0.4) is 0 Å². The third-order valence-corrected chi connectivity index (χ3v) is 11.7. The second kappa shape index (κ2) is 38.8. The van der Waals surface area contributed by atoms with Crippen molar-refractivity contribution in [3.63, 3.8) is 0 Å². The van der Waals surface area contributed by atoms with E-state index < -0.39 is 0 Å². The Labute approximate surface area is 321 Å². The van der Waals surface area contributed by atoms with Crippen molar-refractivity contribution >= 4 is 12.1 Å². The number of hydrogen-bond acceptors (Lipinski definition) is 2. The second-order valence-corrected chi connectivity index (χ2v) is 16.7. The average molecular weight is 717 g/mol. The third kappa shape index (κ3) is 32.3. The maximum atomic E-state index is 12.7. The number of unbranched alkanes of at least 4 members (excludes halogenated alkanes) is 35. The summed E-state index contributed by atoms with van der Waals surface area (Å²) in [6.07, 6.45) is 56.5. The van der Waals surface area contributed by atoms with E-state index in [1.54, 1.807) is 0 Å². The van der Waals surface area contributed by atoms with E-state index in [4.69, 9.17) is 0 Å². The topological polar surface area (TPSA) is 44.1 Å². The number of rotatable bonds is 41. The lowest BCUT2D eigenvalue weighted by molar-refractivity contribution is -0.595. The van der Waals surface area contributed by atoms with Crippen LogP contribution in [-0.4, -0.2) is 35.6 Å². The van der Waals surface area contributed by atoms with E-state index in [1.807, 2.05) is 0 Å². The van der Waals surface area contributed by atoms with Crippen LogP contribution in [-0.2, 0) is 4.79 Å². The highest BCUT2D eigenvalue weighted by Crippen LogP contribution is 2.17. The van der Waals surface area contributed by atoms with Crippen molar-refractivity contribution in [3.8, 4) is 0 Å². The van der Waals surface area contributed by atoms with Gasteiger partial charge < -0.3 is 0 Å². The van der Waals surface area contributed by atoms with Crippen LogP contribution in [0.2, 0.25) is 0 Å². The van der Waals surface area contributed by atoms with Gasteiger partial charge in [-0.2, -0.15) is 0 Å². The highest BCUT2D eigenvalue weighted by atomic mass is 16.1. The lowest BCUT2D eigenvalue weighted by atomic mass is 10.0. The Bertz CT molecular complexity index is 752. The molecule has 0 spiro atoms. The van der Waals surface area contributed by atoms with E-state index in [0.717, 1.165) is 13.0 Å². The maximum Gasteiger partial charge on any atom is 0.226 e. The predicted molar refractivity (Wildman–Crippen MR) is 227 cm³/mol. The smallest absolute Gasteiger partial charge is 0.226 e. The van der Waals surface area contributed by atoms with E-state index >= 15 is 0 Å². The van der Waals surface area contributed by atoms with Crippen molar-refractivity contribution in [1.29, 1.82) is 0 Å². The molecule has 2 N–H and O–H groups in total. The number of carbonyl (C=O) groups is 1. The molecule has 0 saturated heterocycles. The molecule has 0 aromatic heterocycles. The fraction of sp³-hybridized carbons (Fsp3) is 0.957. The first-order valence-electron chi connectivity index (χ1n) is 23.8. The summed E-state index contributed by atoms with van der Waals surface area (Å²) in [7, 11) is 0. The van der Waals surface area contributed by atoms with Gasteiger partial charge in [-0.1, -0.05) is 239 Å². The first-order chi connectivity index (χ1) is 25.2. The first kappa shape index (κ1) is 48.1. The van der Waals surface area contributed by atoms with Crippen molar-refractivity contribution < 1.29 is 9.37 Å². The molecule has 2 atom stereocenters. The molecule has 2 unspecified atom stereocenters. The molecule has 1 aliphatic rings. The Kier molecular flexibility index (Phi) is 36.6. The highest BCUT2D eigenvalue weighted by Gasteiger charge is 2.30. The molecule has 1 amide bonds. The summed E-state index contributed by atoms with van der Waals surface area (Å²) in [5.41, 5.74) is 0. The minimum atomic E-state index is 0.0772. The minimum absolute atomic E-state index is 0.0772.